The Morgan fingerprint density at radius 1 is 1.22 bits per heavy atom. The maximum Gasteiger partial charge on any atom is 0.129 e. The molecule has 0 spiro atoms. The van der Waals surface area contributed by atoms with E-state index in [1.54, 1.807) is 11.1 Å². The first-order chi connectivity index (χ1) is 11.2. The minimum Gasteiger partial charge on any atom is -0.303 e. The number of pyridine rings is 1. The molecular weight excluding hydrogens is 304 g/mol. The van der Waals surface area contributed by atoms with E-state index in [9.17, 15) is 0 Å². The minimum atomic E-state index is 0.404. The highest BCUT2D eigenvalue weighted by Gasteiger charge is 2.53. The zero-order valence-corrected chi connectivity index (χ0v) is 14.4. The lowest BCUT2D eigenvalue weighted by atomic mass is 9.52. The van der Waals surface area contributed by atoms with Crippen LogP contribution >= 0.6 is 11.6 Å². The van der Waals surface area contributed by atoms with E-state index in [1.807, 2.05) is 6.07 Å². The van der Waals surface area contributed by atoms with E-state index in [-0.39, 0.29) is 0 Å². The molecule has 3 atom stereocenters. The molecule has 2 fully saturated rings. The molecule has 3 aliphatic rings. The summed E-state index contributed by atoms with van der Waals surface area (Å²) in [7, 11) is 2.33. The van der Waals surface area contributed by atoms with Crippen LogP contribution in [-0.4, -0.2) is 29.5 Å². The van der Waals surface area contributed by atoms with Gasteiger partial charge in [-0.1, -0.05) is 24.4 Å². The SMILES string of the molecule is CN1CCC23CCCC[C@H]2[C@H]1Cc1cc2ccc(Cl)nc2cc13. The molecule has 1 saturated carbocycles. The first-order valence-electron chi connectivity index (χ1n) is 8.97. The Hall–Kier alpha value is -1.12. The van der Waals surface area contributed by atoms with Gasteiger partial charge in [-0.3, -0.25) is 0 Å². The van der Waals surface area contributed by atoms with Crippen molar-refractivity contribution in [1.82, 2.24) is 9.88 Å². The van der Waals surface area contributed by atoms with E-state index >= 15 is 0 Å². The van der Waals surface area contributed by atoms with Crippen LogP contribution in [0.4, 0.5) is 0 Å². The van der Waals surface area contributed by atoms with Crippen molar-refractivity contribution < 1.29 is 0 Å². The summed E-state index contributed by atoms with van der Waals surface area (Å²) in [6, 6.07) is 9.54. The molecule has 0 radical (unpaired) electrons. The minimum absolute atomic E-state index is 0.404. The highest BCUT2D eigenvalue weighted by Crippen LogP contribution is 2.55. The van der Waals surface area contributed by atoms with Crippen LogP contribution in [0.5, 0.6) is 0 Å². The van der Waals surface area contributed by atoms with E-state index in [4.69, 9.17) is 11.6 Å². The van der Waals surface area contributed by atoms with Gasteiger partial charge in [-0.25, -0.2) is 4.98 Å². The molecule has 1 unspecified atom stereocenters. The van der Waals surface area contributed by atoms with Gasteiger partial charge in [0.25, 0.3) is 0 Å². The number of nitrogens with zero attached hydrogens (tertiary/aromatic N) is 2. The molecule has 120 valence electrons. The van der Waals surface area contributed by atoms with E-state index in [0.29, 0.717) is 10.6 Å². The van der Waals surface area contributed by atoms with Crippen molar-refractivity contribution in [2.24, 2.45) is 5.92 Å². The number of halogens is 1. The molecule has 1 aromatic heterocycles. The van der Waals surface area contributed by atoms with Crippen LogP contribution in [0.2, 0.25) is 5.15 Å². The molecule has 2 bridgehead atoms. The van der Waals surface area contributed by atoms with Crippen molar-refractivity contribution in [2.45, 2.75) is 50.0 Å². The summed E-state index contributed by atoms with van der Waals surface area (Å²) in [5, 5.41) is 1.84. The van der Waals surface area contributed by atoms with E-state index in [0.717, 1.165) is 17.5 Å². The molecule has 2 nitrogen and oxygen atoms in total. The van der Waals surface area contributed by atoms with E-state index < -0.39 is 0 Å². The molecule has 3 heteroatoms. The van der Waals surface area contributed by atoms with Gasteiger partial charge < -0.3 is 4.90 Å². The first-order valence-corrected chi connectivity index (χ1v) is 9.35. The Bertz CT molecular complexity index is 787. The Labute approximate surface area is 142 Å². The van der Waals surface area contributed by atoms with Crippen molar-refractivity contribution in [3.05, 3.63) is 40.5 Å². The van der Waals surface area contributed by atoms with Gasteiger partial charge in [-0.15, -0.1) is 0 Å². The van der Waals surface area contributed by atoms with Crippen LogP contribution in [0.3, 0.4) is 0 Å². The van der Waals surface area contributed by atoms with Crippen molar-refractivity contribution in [3.8, 4) is 0 Å². The van der Waals surface area contributed by atoms with Crippen molar-refractivity contribution in [1.29, 1.82) is 0 Å². The Balaban J connectivity index is 1.76. The number of fused-ring (bicyclic) bond motifs is 2. The van der Waals surface area contributed by atoms with Crippen LogP contribution in [0.15, 0.2) is 24.3 Å². The van der Waals surface area contributed by atoms with Crippen LogP contribution in [-0.2, 0) is 11.8 Å². The zero-order chi connectivity index (χ0) is 15.6. The van der Waals surface area contributed by atoms with Crippen molar-refractivity contribution in [2.75, 3.05) is 13.6 Å². The van der Waals surface area contributed by atoms with Gasteiger partial charge in [0.05, 0.1) is 5.52 Å². The molecule has 0 N–H and O–H groups in total. The molecule has 5 rings (SSSR count). The third-order valence-corrected chi connectivity index (χ3v) is 7.10. The smallest absolute Gasteiger partial charge is 0.129 e. The molecule has 0 amide bonds. The second-order valence-electron chi connectivity index (χ2n) is 7.85. The summed E-state index contributed by atoms with van der Waals surface area (Å²) >= 11 is 6.14. The number of likely N-dealkylation sites (tertiary alicyclic amines) is 1. The fraction of sp³-hybridized carbons (Fsp3) is 0.550. The number of hydrogen-bond donors (Lipinski definition) is 0. The average molecular weight is 327 g/mol. The topological polar surface area (TPSA) is 16.1 Å². The molecular formula is C20H23ClN2. The number of hydrogen-bond acceptors (Lipinski definition) is 2. The molecule has 2 aromatic rings. The van der Waals surface area contributed by atoms with Gasteiger partial charge in [-0.05, 0) is 80.6 Å². The molecule has 1 saturated heterocycles. The number of rotatable bonds is 0. The van der Waals surface area contributed by atoms with Gasteiger partial charge in [0.2, 0.25) is 0 Å². The van der Waals surface area contributed by atoms with Gasteiger partial charge >= 0.3 is 0 Å². The number of likely N-dealkylation sites (N-methyl/N-ethyl adjacent to an activating group) is 1. The van der Waals surface area contributed by atoms with E-state index in [2.05, 4.69) is 35.1 Å². The fourth-order valence-corrected chi connectivity index (χ4v) is 5.96. The summed E-state index contributed by atoms with van der Waals surface area (Å²) in [4.78, 5) is 7.22. The summed E-state index contributed by atoms with van der Waals surface area (Å²) in [5.41, 5.74) is 4.65. The van der Waals surface area contributed by atoms with Crippen LogP contribution in [0, 0.1) is 5.92 Å². The van der Waals surface area contributed by atoms with Crippen LogP contribution in [0.25, 0.3) is 10.9 Å². The number of benzene rings is 1. The Kier molecular flexibility index (Phi) is 3.06. The zero-order valence-electron chi connectivity index (χ0n) is 13.7. The second kappa shape index (κ2) is 4.94. The third-order valence-electron chi connectivity index (χ3n) is 6.88. The maximum atomic E-state index is 6.14. The predicted molar refractivity (Wildman–Crippen MR) is 95.1 cm³/mol. The van der Waals surface area contributed by atoms with Crippen molar-refractivity contribution in [3.63, 3.8) is 0 Å². The molecule has 2 heterocycles. The summed E-state index contributed by atoms with van der Waals surface area (Å²) in [5.74, 6) is 0.833. The highest BCUT2D eigenvalue weighted by atomic mass is 35.5. The molecule has 2 aliphatic carbocycles. The summed E-state index contributed by atoms with van der Waals surface area (Å²) in [6.45, 7) is 1.24. The van der Waals surface area contributed by atoms with Gasteiger partial charge in [0.15, 0.2) is 0 Å². The number of aromatic nitrogens is 1. The average Bonchev–Trinajstić information content (AvgIpc) is 2.57. The largest absolute Gasteiger partial charge is 0.303 e. The summed E-state index contributed by atoms with van der Waals surface area (Å²) in [6.07, 6.45) is 8.06. The quantitative estimate of drug-likeness (QED) is 0.659. The number of piperidine rings is 1. The van der Waals surface area contributed by atoms with Crippen molar-refractivity contribution >= 4 is 22.5 Å². The monoisotopic (exact) mass is 326 g/mol. The fourth-order valence-electron chi connectivity index (χ4n) is 5.80. The summed E-state index contributed by atoms with van der Waals surface area (Å²) < 4.78 is 0. The molecule has 1 aromatic carbocycles. The predicted octanol–water partition coefficient (Wildman–Crippen LogP) is 4.58. The van der Waals surface area contributed by atoms with Crippen LogP contribution in [0.1, 0.15) is 43.2 Å². The Morgan fingerprint density at radius 2 is 2.13 bits per heavy atom. The van der Waals surface area contributed by atoms with Crippen LogP contribution < -0.4 is 0 Å². The molecule has 1 aliphatic heterocycles. The normalized spacial score (nSPS) is 33.3. The van der Waals surface area contributed by atoms with Gasteiger partial charge in [0.1, 0.15) is 5.15 Å². The maximum absolute atomic E-state index is 6.14. The lowest BCUT2D eigenvalue weighted by molar-refractivity contribution is 0.00298. The van der Waals surface area contributed by atoms with Gasteiger partial charge in [0, 0.05) is 16.8 Å². The Morgan fingerprint density at radius 3 is 3.04 bits per heavy atom. The highest BCUT2D eigenvalue weighted by molar-refractivity contribution is 6.29. The molecule has 23 heavy (non-hydrogen) atoms. The third kappa shape index (κ3) is 1.94. The first kappa shape index (κ1) is 14.2. The van der Waals surface area contributed by atoms with Gasteiger partial charge in [-0.2, -0.15) is 0 Å². The standard InChI is InChI=1S/C20H23ClN2/c1-23-9-8-20-7-3-2-4-15(20)18(23)11-14-10-13-5-6-19(21)22-17(13)12-16(14)20/h5-6,10,12,15,18H,2-4,7-9,11H2,1H3/t15-,18+,20?/m0/s1. The second-order valence-corrected chi connectivity index (χ2v) is 8.23. The lowest BCUT2D eigenvalue weighted by Crippen LogP contribution is -2.59. The van der Waals surface area contributed by atoms with E-state index in [1.165, 1.54) is 50.5 Å². The lowest BCUT2D eigenvalue weighted by Gasteiger charge is -2.58.